The number of ether oxygens (including phenoxy) is 1. The van der Waals surface area contributed by atoms with E-state index >= 15 is 0 Å². The lowest BCUT2D eigenvalue weighted by molar-refractivity contribution is -0.141. The average Bonchev–Trinajstić information content (AvgIpc) is 3.11. The molecule has 0 aliphatic carbocycles. The zero-order valence-electron chi connectivity index (χ0n) is 14.0. The molecular weight excluding hydrogens is 366 g/mol. The number of halogens is 4. The van der Waals surface area contributed by atoms with Crippen molar-refractivity contribution in [2.24, 2.45) is 0 Å². The van der Waals surface area contributed by atoms with Crippen molar-refractivity contribution in [3.63, 3.8) is 0 Å². The van der Waals surface area contributed by atoms with Gasteiger partial charge in [-0.1, -0.05) is 0 Å². The Balaban J connectivity index is 1.51. The normalized spacial score (nSPS) is 16.1. The maximum Gasteiger partial charge on any atom is 0.433 e. The quantitative estimate of drug-likeness (QED) is 0.652. The summed E-state index contributed by atoms with van der Waals surface area (Å²) in [6.07, 6.45) is -2.26. The van der Waals surface area contributed by atoms with Crippen LogP contribution >= 0.6 is 0 Å². The van der Waals surface area contributed by atoms with Crippen LogP contribution in [0.15, 0.2) is 36.7 Å². The fourth-order valence-electron chi connectivity index (χ4n) is 3.08. The van der Waals surface area contributed by atoms with Crippen molar-refractivity contribution in [3.8, 4) is 5.75 Å². The molecule has 3 aromatic rings. The third-order valence-corrected chi connectivity index (χ3v) is 4.41. The molecule has 0 N–H and O–H groups in total. The van der Waals surface area contributed by atoms with Crippen LogP contribution in [0.2, 0.25) is 0 Å². The van der Waals surface area contributed by atoms with Gasteiger partial charge in [-0.25, -0.2) is 9.37 Å². The summed E-state index contributed by atoms with van der Waals surface area (Å²) >= 11 is 0. The van der Waals surface area contributed by atoms with E-state index in [1.54, 1.807) is 12.1 Å². The van der Waals surface area contributed by atoms with Crippen LogP contribution in [0.25, 0.3) is 5.78 Å². The van der Waals surface area contributed by atoms with Crippen molar-refractivity contribution in [1.29, 1.82) is 0 Å². The number of piperidine rings is 1. The van der Waals surface area contributed by atoms with Gasteiger partial charge in [-0.15, -0.1) is 0 Å². The van der Waals surface area contributed by atoms with Crippen LogP contribution in [0.5, 0.6) is 5.75 Å². The van der Waals surface area contributed by atoms with E-state index in [2.05, 4.69) is 15.1 Å². The predicted octanol–water partition coefficient (Wildman–Crippen LogP) is 3.33. The molecule has 0 amide bonds. The second-order valence-electron chi connectivity index (χ2n) is 6.23. The standard InChI is InChI=1S/C17H15F4N5O/c18-11-1-3-12(4-2-11)27-13-5-7-25(8-6-13)15-9-14(17(19,20)21)24-16-22-10-23-26(15)16/h1-4,9-10,13H,5-8H2. The summed E-state index contributed by atoms with van der Waals surface area (Å²) in [5, 5.41) is 3.98. The molecule has 2 aromatic heterocycles. The molecule has 1 aliphatic rings. The minimum absolute atomic E-state index is 0.0930. The van der Waals surface area contributed by atoms with E-state index in [-0.39, 0.29) is 17.7 Å². The van der Waals surface area contributed by atoms with Crippen LogP contribution in [0, 0.1) is 5.82 Å². The molecule has 0 saturated carbocycles. The van der Waals surface area contributed by atoms with E-state index in [1.807, 2.05) is 4.90 Å². The molecule has 0 radical (unpaired) electrons. The van der Waals surface area contributed by atoms with Crippen molar-refractivity contribution in [1.82, 2.24) is 19.6 Å². The summed E-state index contributed by atoms with van der Waals surface area (Å²) in [6.45, 7) is 0.976. The number of fused-ring (bicyclic) bond motifs is 1. The topological polar surface area (TPSA) is 55.5 Å². The van der Waals surface area contributed by atoms with Crippen LogP contribution in [0.3, 0.4) is 0 Å². The maximum absolute atomic E-state index is 13.1. The van der Waals surface area contributed by atoms with Gasteiger partial charge in [0, 0.05) is 32.0 Å². The second kappa shape index (κ2) is 6.67. The first-order chi connectivity index (χ1) is 12.9. The van der Waals surface area contributed by atoms with E-state index in [4.69, 9.17) is 4.74 Å². The van der Waals surface area contributed by atoms with E-state index < -0.39 is 11.9 Å². The molecule has 6 nitrogen and oxygen atoms in total. The number of benzene rings is 1. The van der Waals surface area contributed by atoms with Gasteiger partial charge in [0.05, 0.1) is 0 Å². The molecule has 0 unspecified atom stereocenters. The van der Waals surface area contributed by atoms with E-state index in [0.717, 1.165) is 6.07 Å². The van der Waals surface area contributed by atoms with Crippen LogP contribution in [0.4, 0.5) is 23.4 Å². The lowest BCUT2D eigenvalue weighted by Crippen LogP contribution is -2.39. The number of rotatable bonds is 3. The number of aromatic nitrogens is 4. The Bertz CT molecular complexity index is 933. The zero-order chi connectivity index (χ0) is 19.0. The van der Waals surface area contributed by atoms with E-state index in [9.17, 15) is 17.6 Å². The number of alkyl halides is 3. The molecule has 10 heteroatoms. The summed E-state index contributed by atoms with van der Waals surface area (Å²) in [5.74, 6) is 0.429. The molecule has 4 rings (SSSR count). The summed E-state index contributed by atoms with van der Waals surface area (Å²) in [5.41, 5.74) is -0.998. The first-order valence-electron chi connectivity index (χ1n) is 8.35. The van der Waals surface area contributed by atoms with Gasteiger partial charge in [0.1, 0.15) is 29.8 Å². The maximum atomic E-state index is 13.1. The van der Waals surface area contributed by atoms with Gasteiger partial charge < -0.3 is 9.64 Å². The minimum Gasteiger partial charge on any atom is -0.490 e. The fraction of sp³-hybridized carbons (Fsp3) is 0.353. The largest absolute Gasteiger partial charge is 0.490 e. The molecule has 1 aromatic carbocycles. The lowest BCUT2D eigenvalue weighted by Gasteiger charge is -2.33. The van der Waals surface area contributed by atoms with Gasteiger partial charge in [-0.3, -0.25) is 0 Å². The highest BCUT2D eigenvalue weighted by Crippen LogP contribution is 2.31. The van der Waals surface area contributed by atoms with Gasteiger partial charge in [-0.2, -0.15) is 27.8 Å². The van der Waals surface area contributed by atoms with Gasteiger partial charge in [-0.05, 0) is 24.3 Å². The molecule has 3 heterocycles. The monoisotopic (exact) mass is 381 g/mol. The Hall–Kier alpha value is -2.91. The Labute approximate surface area is 151 Å². The molecule has 142 valence electrons. The van der Waals surface area contributed by atoms with Crippen molar-refractivity contribution in [2.45, 2.75) is 25.1 Å². The Morgan fingerprint density at radius 3 is 2.44 bits per heavy atom. The van der Waals surface area contributed by atoms with Crippen LogP contribution in [-0.2, 0) is 6.18 Å². The number of nitrogens with zero attached hydrogens (tertiary/aromatic N) is 5. The lowest BCUT2D eigenvalue weighted by atomic mass is 10.1. The minimum atomic E-state index is -4.56. The second-order valence-corrected chi connectivity index (χ2v) is 6.23. The van der Waals surface area contributed by atoms with Gasteiger partial charge >= 0.3 is 6.18 Å². The average molecular weight is 381 g/mol. The van der Waals surface area contributed by atoms with Gasteiger partial charge in [0.25, 0.3) is 5.78 Å². The van der Waals surface area contributed by atoms with Crippen LogP contribution in [0.1, 0.15) is 18.5 Å². The zero-order valence-corrected chi connectivity index (χ0v) is 14.0. The molecular formula is C17H15F4N5O. The summed E-state index contributed by atoms with van der Waals surface area (Å²) in [4.78, 5) is 9.12. The van der Waals surface area contributed by atoms with E-state index in [0.29, 0.717) is 37.5 Å². The van der Waals surface area contributed by atoms with E-state index in [1.165, 1.54) is 23.0 Å². The Kier molecular flexibility index (Phi) is 4.33. The molecule has 1 saturated heterocycles. The number of hydrogen-bond donors (Lipinski definition) is 0. The third-order valence-electron chi connectivity index (χ3n) is 4.41. The number of hydrogen-bond acceptors (Lipinski definition) is 5. The first kappa shape index (κ1) is 17.5. The highest BCUT2D eigenvalue weighted by atomic mass is 19.4. The van der Waals surface area contributed by atoms with Crippen molar-refractivity contribution >= 4 is 11.6 Å². The third kappa shape index (κ3) is 3.64. The Morgan fingerprint density at radius 2 is 1.78 bits per heavy atom. The highest BCUT2D eigenvalue weighted by Gasteiger charge is 2.35. The summed E-state index contributed by atoms with van der Waals surface area (Å²) in [7, 11) is 0. The molecule has 0 atom stereocenters. The van der Waals surface area contributed by atoms with Crippen molar-refractivity contribution < 1.29 is 22.3 Å². The molecule has 1 fully saturated rings. The first-order valence-corrected chi connectivity index (χ1v) is 8.35. The molecule has 0 bridgehead atoms. The van der Waals surface area contributed by atoms with Gasteiger partial charge in [0.2, 0.25) is 0 Å². The van der Waals surface area contributed by atoms with Crippen molar-refractivity contribution in [3.05, 3.63) is 48.2 Å². The van der Waals surface area contributed by atoms with Crippen LogP contribution < -0.4 is 9.64 Å². The summed E-state index contributed by atoms with van der Waals surface area (Å²) in [6, 6.07) is 6.74. The number of anilines is 1. The smallest absolute Gasteiger partial charge is 0.433 e. The molecule has 0 spiro atoms. The van der Waals surface area contributed by atoms with Gasteiger partial charge in [0.15, 0.2) is 5.69 Å². The predicted molar refractivity (Wildman–Crippen MR) is 88.0 cm³/mol. The SMILES string of the molecule is Fc1ccc(OC2CCN(c3cc(C(F)(F)F)nc4ncnn34)CC2)cc1. The summed E-state index contributed by atoms with van der Waals surface area (Å²) < 4.78 is 59.4. The molecule has 1 aliphatic heterocycles. The van der Waals surface area contributed by atoms with Crippen LogP contribution in [-0.4, -0.2) is 38.8 Å². The highest BCUT2D eigenvalue weighted by molar-refractivity contribution is 5.48. The van der Waals surface area contributed by atoms with Crippen molar-refractivity contribution in [2.75, 3.05) is 18.0 Å². The Morgan fingerprint density at radius 1 is 1.07 bits per heavy atom. The fourth-order valence-corrected chi connectivity index (χ4v) is 3.08. The molecule has 27 heavy (non-hydrogen) atoms.